The Hall–Kier alpha value is -2.48. The van der Waals surface area contributed by atoms with Crippen LogP contribution in [-0.4, -0.2) is 26.8 Å². The van der Waals surface area contributed by atoms with E-state index in [0.29, 0.717) is 23.7 Å². The first-order chi connectivity index (χ1) is 10.2. The van der Waals surface area contributed by atoms with Gasteiger partial charge in [-0.15, -0.1) is 0 Å². The molecule has 5 nitrogen and oxygen atoms in total. The minimum atomic E-state index is -0.610. The van der Waals surface area contributed by atoms with Crippen molar-refractivity contribution in [2.75, 3.05) is 20.8 Å². The van der Waals surface area contributed by atoms with Crippen LogP contribution in [0.2, 0.25) is 0 Å². The number of benzene rings is 1. The Morgan fingerprint density at radius 2 is 2.00 bits per heavy atom. The molecule has 0 atom stereocenters. The topological polar surface area (TPSA) is 68.6 Å². The molecule has 0 radical (unpaired) electrons. The quantitative estimate of drug-likeness (QED) is 0.334. The number of ether oxygens (including phenoxy) is 3. The molecule has 0 aliphatic rings. The molecule has 0 unspecified atom stereocenters. The molecule has 1 aromatic carbocycles. The molecule has 5 heteroatoms. The monoisotopic (exact) mass is 289 g/mol. The largest absolute Gasteiger partial charge is 0.493 e. The Morgan fingerprint density at radius 1 is 1.29 bits per heavy atom. The number of nitrogens with zero attached hydrogens (tertiary/aromatic N) is 1. The minimum Gasteiger partial charge on any atom is -0.493 e. The number of nitriles is 1. The predicted octanol–water partition coefficient (Wildman–Crippen LogP) is 2.95. The van der Waals surface area contributed by atoms with Gasteiger partial charge in [0.2, 0.25) is 0 Å². The van der Waals surface area contributed by atoms with E-state index in [2.05, 4.69) is 0 Å². The Kier molecular flexibility index (Phi) is 6.82. The first-order valence-electron chi connectivity index (χ1n) is 6.67. The van der Waals surface area contributed by atoms with E-state index in [1.807, 2.05) is 13.0 Å². The van der Waals surface area contributed by atoms with Crippen molar-refractivity contribution in [2.45, 2.75) is 19.8 Å². The average molecular weight is 289 g/mol. The number of rotatable bonds is 7. The molecule has 0 bridgehead atoms. The van der Waals surface area contributed by atoms with Crippen molar-refractivity contribution in [3.05, 3.63) is 29.3 Å². The summed E-state index contributed by atoms with van der Waals surface area (Å²) in [5.74, 6) is 0.502. The normalized spacial score (nSPS) is 10.7. The molecule has 0 amide bonds. The van der Waals surface area contributed by atoms with E-state index in [1.54, 1.807) is 25.3 Å². The van der Waals surface area contributed by atoms with E-state index < -0.39 is 5.97 Å². The molecule has 0 spiro atoms. The Morgan fingerprint density at radius 3 is 2.57 bits per heavy atom. The van der Waals surface area contributed by atoms with E-state index in [9.17, 15) is 4.79 Å². The average Bonchev–Trinajstić information content (AvgIpc) is 2.52. The summed E-state index contributed by atoms with van der Waals surface area (Å²) in [6.45, 7) is 2.32. The second-order valence-electron chi connectivity index (χ2n) is 4.27. The maximum atomic E-state index is 11.8. The van der Waals surface area contributed by atoms with Gasteiger partial charge in [-0.3, -0.25) is 0 Å². The molecular formula is C16H19NO4. The maximum absolute atomic E-state index is 11.8. The maximum Gasteiger partial charge on any atom is 0.348 e. The second-order valence-corrected chi connectivity index (χ2v) is 4.27. The third-order valence-corrected chi connectivity index (χ3v) is 2.79. The molecule has 0 heterocycles. The SMILES string of the molecule is CCCCOC(=O)/C(C#N)=C/c1ccc(OC)c(OC)c1. The summed E-state index contributed by atoms with van der Waals surface area (Å²) in [7, 11) is 3.06. The number of carbonyl (C=O) groups is 1. The van der Waals surface area contributed by atoms with Crippen LogP contribution in [0.5, 0.6) is 11.5 Å². The zero-order valence-corrected chi connectivity index (χ0v) is 12.5. The Balaban J connectivity index is 2.93. The van der Waals surface area contributed by atoms with E-state index in [0.717, 1.165) is 12.8 Å². The van der Waals surface area contributed by atoms with Crippen molar-refractivity contribution < 1.29 is 19.0 Å². The molecule has 0 saturated heterocycles. The number of esters is 1. The van der Waals surface area contributed by atoms with Gasteiger partial charge in [-0.05, 0) is 30.2 Å². The molecule has 21 heavy (non-hydrogen) atoms. The fourth-order valence-corrected chi connectivity index (χ4v) is 1.63. The summed E-state index contributed by atoms with van der Waals surface area (Å²) in [5.41, 5.74) is 0.620. The molecule has 0 N–H and O–H groups in total. The highest BCUT2D eigenvalue weighted by Crippen LogP contribution is 2.28. The molecule has 1 rings (SSSR count). The highest BCUT2D eigenvalue weighted by atomic mass is 16.5. The third kappa shape index (κ3) is 4.84. The molecule has 112 valence electrons. The van der Waals surface area contributed by atoms with Gasteiger partial charge in [0.15, 0.2) is 11.5 Å². The lowest BCUT2D eigenvalue weighted by Gasteiger charge is -2.08. The molecule has 0 aliphatic heterocycles. The van der Waals surface area contributed by atoms with Gasteiger partial charge < -0.3 is 14.2 Å². The number of unbranched alkanes of at least 4 members (excludes halogenated alkanes) is 1. The summed E-state index contributed by atoms with van der Waals surface area (Å²) in [6.07, 6.45) is 3.17. The number of methoxy groups -OCH3 is 2. The van der Waals surface area contributed by atoms with Gasteiger partial charge in [0, 0.05) is 0 Å². The van der Waals surface area contributed by atoms with Crippen LogP contribution in [0.1, 0.15) is 25.3 Å². The van der Waals surface area contributed by atoms with Crippen LogP contribution in [0.15, 0.2) is 23.8 Å². The summed E-state index contributed by atoms with van der Waals surface area (Å²) >= 11 is 0. The number of carbonyl (C=O) groups excluding carboxylic acids is 1. The molecule has 1 aromatic rings. The zero-order chi connectivity index (χ0) is 15.7. The van der Waals surface area contributed by atoms with Crippen molar-refractivity contribution in [2.24, 2.45) is 0 Å². The van der Waals surface area contributed by atoms with Crippen LogP contribution >= 0.6 is 0 Å². The van der Waals surface area contributed by atoms with Gasteiger partial charge >= 0.3 is 5.97 Å². The summed E-state index contributed by atoms with van der Waals surface area (Å²) < 4.78 is 15.3. The van der Waals surface area contributed by atoms with Crippen molar-refractivity contribution in [3.63, 3.8) is 0 Å². The lowest BCUT2D eigenvalue weighted by atomic mass is 10.1. The van der Waals surface area contributed by atoms with Gasteiger partial charge in [-0.1, -0.05) is 19.4 Å². The van der Waals surface area contributed by atoms with E-state index >= 15 is 0 Å². The van der Waals surface area contributed by atoms with Crippen LogP contribution in [0.4, 0.5) is 0 Å². The van der Waals surface area contributed by atoms with Gasteiger partial charge in [0.1, 0.15) is 11.6 Å². The zero-order valence-electron chi connectivity index (χ0n) is 12.5. The lowest BCUT2D eigenvalue weighted by molar-refractivity contribution is -0.138. The van der Waals surface area contributed by atoms with Gasteiger partial charge in [-0.2, -0.15) is 5.26 Å². The Labute approximate surface area is 124 Å². The standard InChI is InChI=1S/C16H19NO4/c1-4-5-8-21-16(18)13(11-17)9-12-6-7-14(19-2)15(10-12)20-3/h6-7,9-10H,4-5,8H2,1-3H3/b13-9+. The van der Waals surface area contributed by atoms with Gasteiger partial charge in [-0.25, -0.2) is 4.79 Å². The van der Waals surface area contributed by atoms with Crippen molar-refractivity contribution in [1.82, 2.24) is 0 Å². The molecular weight excluding hydrogens is 270 g/mol. The van der Waals surface area contributed by atoms with Crippen LogP contribution in [0.25, 0.3) is 6.08 Å². The van der Waals surface area contributed by atoms with Crippen molar-refractivity contribution in [3.8, 4) is 17.6 Å². The molecule has 0 aliphatic carbocycles. The first kappa shape index (κ1) is 16.6. The second kappa shape index (κ2) is 8.64. The lowest BCUT2D eigenvalue weighted by Crippen LogP contribution is -2.07. The van der Waals surface area contributed by atoms with Crippen LogP contribution in [0, 0.1) is 11.3 Å². The van der Waals surface area contributed by atoms with Crippen LogP contribution in [-0.2, 0) is 9.53 Å². The van der Waals surface area contributed by atoms with Crippen molar-refractivity contribution in [1.29, 1.82) is 5.26 Å². The predicted molar refractivity (Wildman–Crippen MR) is 79.0 cm³/mol. The van der Waals surface area contributed by atoms with Crippen LogP contribution in [0.3, 0.4) is 0 Å². The summed E-state index contributed by atoms with van der Waals surface area (Å²) in [6, 6.07) is 6.99. The Bertz CT molecular complexity index is 558. The number of hydrogen-bond acceptors (Lipinski definition) is 5. The highest BCUT2D eigenvalue weighted by Gasteiger charge is 2.11. The van der Waals surface area contributed by atoms with Crippen molar-refractivity contribution >= 4 is 12.0 Å². The van der Waals surface area contributed by atoms with Crippen LogP contribution < -0.4 is 9.47 Å². The molecule has 0 saturated carbocycles. The fourth-order valence-electron chi connectivity index (χ4n) is 1.63. The minimum absolute atomic E-state index is 0.0432. The van der Waals surface area contributed by atoms with Gasteiger partial charge in [0.05, 0.1) is 20.8 Å². The number of hydrogen-bond donors (Lipinski definition) is 0. The van der Waals surface area contributed by atoms with E-state index in [1.165, 1.54) is 13.2 Å². The third-order valence-electron chi connectivity index (χ3n) is 2.79. The fraction of sp³-hybridized carbons (Fsp3) is 0.375. The van der Waals surface area contributed by atoms with E-state index in [-0.39, 0.29) is 5.57 Å². The summed E-state index contributed by atoms with van der Waals surface area (Å²) in [4.78, 5) is 11.8. The molecule has 0 aromatic heterocycles. The first-order valence-corrected chi connectivity index (χ1v) is 6.67. The van der Waals surface area contributed by atoms with E-state index in [4.69, 9.17) is 19.5 Å². The van der Waals surface area contributed by atoms with Gasteiger partial charge in [0.25, 0.3) is 0 Å². The highest BCUT2D eigenvalue weighted by molar-refractivity contribution is 5.97. The molecule has 0 fully saturated rings. The summed E-state index contributed by atoms with van der Waals surface area (Å²) in [5, 5.41) is 9.07. The smallest absolute Gasteiger partial charge is 0.348 e.